The molecule has 0 radical (unpaired) electrons. The minimum absolute atomic E-state index is 0.188. The van der Waals surface area contributed by atoms with E-state index < -0.39 is 17.7 Å². The van der Waals surface area contributed by atoms with Gasteiger partial charge < -0.3 is 9.30 Å². The van der Waals surface area contributed by atoms with E-state index in [9.17, 15) is 18.0 Å². The van der Waals surface area contributed by atoms with E-state index in [1.807, 2.05) is 0 Å². The average Bonchev–Trinajstić information content (AvgIpc) is 2.79. The summed E-state index contributed by atoms with van der Waals surface area (Å²) in [6.45, 7) is 3.24. The van der Waals surface area contributed by atoms with Gasteiger partial charge in [-0.3, -0.25) is 4.79 Å². The lowest BCUT2D eigenvalue weighted by Gasteiger charge is -2.12. The first-order chi connectivity index (χ1) is 12.2. The second-order valence-corrected chi connectivity index (χ2v) is 6.39. The summed E-state index contributed by atoms with van der Waals surface area (Å²) in [5.41, 5.74) is 1.09. The van der Waals surface area contributed by atoms with Crippen LogP contribution in [-0.2, 0) is 17.5 Å². The molecule has 1 heterocycles. The maximum atomic E-state index is 13.0. The molecule has 1 aromatic heterocycles. The van der Waals surface area contributed by atoms with Crippen molar-refractivity contribution in [2.24, 2.45) is 0 Å². The number of aromatic nitrogens is 1. The Morgan fingerprint density at radius 3 is 2.58 bits per heavy atom. The Bertz CT molecular complexity index is 992. The molecule has 0 unspecified atom stereocenters. The van der Waals surface area contributed by atoms with Crippen LogP contribution < -0.4 is 4.74 Å². The van der Waals surface area contributed by atoms with Gasteiger partial charge in [0.05, 0.1) is 16.8 Å². The molecule has 0 saturated heterocycles. The van der Waals surface area contributed by atoms with Gasteiger partial charge >= 0.3 is 12.1 Å². The van der Waals surface area contributed by atoms with Gasteiger partial charge in [0.1, 0.15) is 0 Å². The van der Waals surface area contributed by atoms with Gasteiger partial charge in [-0.05, 0) is 42.8 Å². The van der Waals surface area contributed by atoms with Gasteiger partial charge in [0, 0.05) is 23.9 Å². The second-order valence-electron chi connectivity index (χ2n) is 5.95. The van der Waals surface area contributed by atoms with Crippen LogP contribution in [-0.4, -0.2) is 10.5 Å². The van der Waals surface area contributed by atoms with Crippen LogP contribution in [0, 0.1) is 6.92 Å². The SMILES string of the molecule is CC(=O)Oc1c(C)n(Cc2cccc(C(F)(F)F)c2)c2cc(Cl)ccc12. The quantitative estimate of drug-likeness (QED) is 0.553. The molecule has 26 heavy (non-hydrogen) atoms. The third-order valence-corrected chi connectivity index (χ3v) is 4.30. The predicted molar refractivity (Wildman–Crippen MR) is 93.5 cm³/mol. The van der Waals surface area contributed by atoms with Crippen LogP contribution in [0.3, 0.4) is 0 Å². The highest BCUT2D eigenvalue weighted by Crippen LogP contribution is 2.36. The lowest BCUT2D eigenvalue weighted by atomic mass is 10.1. The molecule has 0 bridgehead atoms. The zero-order chi connectivity index (χ0) is 19.1. The Labute approximate surface area is 152 Å². The van der Waals surface area contributed by atoms with Gasteiger partial charge in [-0.2, -0.15) is 13.2 Å². The van der Waals surface area contributed by atoms with Crippen LogP contribution in [0.15, 0.2) is 42.5 Å². The van der Waals surface area contributed by atoms with Crippen molar-refractivity contribution >= 4 is 28.5 Å². The lowest BCUT2D eigenvalue weighted by Crippen LogP contribution is -2.08. The third-order valence-electron chi connectivity index (χ3n) is 4.07. The van der Waals surface area contributed by atoms with Gasteiger partial charge in [-0.15, -0.1) is 0 Å². The topological polar surface area (TPSA) is 31.2 Å². The molecule has 3 nitrogen and oxygen atoms in total. The highest BCUT2D eigenvalue weighted by Gasteiger charge is 2.30. The number of fused-ring (bicyclic) bond motifs is 1. The van der Waals surface area contributed by atoms with Gasteiger partial charge in [0.2, 0.25) is 0 Å². The number of benzene rings is 2. The van der Waals surface area contributed by atoms with Crippen LogP contribution in [0.1, 0.15) is 23.7 Å². The summed E-state index contributed by atoms with van der Waals surface area (Å²) in [7, 11) is 0. The molecule has 0 aliphatic heterocycles. The molecule has 7 heteroatoms. The number of hydrogen-bond donors (Lipinski definition) is 0. The largest absolute Gasteiger partial charge is 0.424 e. The van der Waals surface area contributed by atoms with Gasteiger partial charge in [0.25, 0.3) is 0 Å². The van der Waals surface area contributed by atoms with Gasteiger partial charge in [-0.1, -0.05) is 23.7 Å². The van der Waals surface area contributed by atoms with E-state index in [4.69, 9.17) is 16.3 Å². The third kappa shape index (κ3) is 3.55. The summed E-state index contributed by atoms with van der Waals surface area (Å²) < 4.78 is 46.0. The van der Waals surface area contributed by atoms with Crippen LogP contribution in [0.5, 0.6) is 5.75 Å². The van der Waals surface area contributed by atoms with E-state index in [2.05, 4.69) is 0 Å². The highest BCUT2D eigenvalue weighted by molar-refractivity contribution is 6.31. The maximum Gasteiger partial charge on any atom is 0.416 e. The Morgan fingerprint density at radius 2 is 1.92 bits per heavy atom. The number of hydrogen-bond acceptors (Lipinski definition) is 2. The van der Waals surface area contributed by atoms with Gasteiger partial charge in [-0.25, -0.2) is 0 Å². The fourth-order valence-electron chi connectivity index (χ4n) is 2.92. The fourth-order valence-corrected chi connectivity index (χ4v) is 3.09. The molecule has 0 N–H and O–H groups in total. The number of halogens is 4. The van der Waals surface area contributed by atoms with E-state index in [0.29, 0.717) is 32.9 Å². The number of ether oxygens (including phenoxy) is 1. The molecule has 136 valence electrons. The summed E-state index contributed by atoms with van der Waals surface area (Å²) in [5.74, 6) is -0.0858. The molecular formula is C19H15ClF3NO2. The molecule has 0 spiro atoms. The molecule has 0 amide bonds. The Balaban J connectivity index is 2.12. The van der Waals surface area contributed by atoms with Crippen LogP contribution in [0.2, 0.25) is 5.02 Å². The van der Waals surface area contributed by atoms with Crippen molar-refractivity contribution in [3.8, 4) is 5.75 Å². The fraction of sp³-hybridized carbons (Fsp3) is 0.211. The number of carbonyl (C=O) groups excluding carboxylic acids is 1. The van der Waals surface area contributed by atoms with Crippen molar-refractivity contribution < 1.29 is 22.7 Å². The highest BCUT2D eigenvalue weighted by atomic mass is 35.5. The Morgan fingerprint density at radius 1 is 1.19 bits per heavy atom. The first-order valence-corrected chi connectivity index (χ1v) is 8.17. The van der Waals surface area contributed by atoms with Crippen molar-refractivity contribution in [1.82, 2.24) is 4.57 Å². The lowest BCUT2D eigenvalue weighted by molar-refractivity contribution is -0.137. The number of nitrogens with zero attached hydrogens (tertiary/aromatic N) is 1. The zero-order valence-electron chi connectivity index (χ0n) is 14.0. The van der Waals surface area contributed by atoms with Crippen molar-refractivity contribution in [3.05, 3.63) is 64.3 Å². The minimum Gasteiger partial charge on any atom is -0.424 e. The summed E-state index contributed by atoms with van der Waals surface area (Å²) in [6, 6.07) is 10.2. The second kappa shape index (κ2) is 6.68. The number of esters is 1. The molecule has 0 aliphatic rings. The molecule has 2 aromatic carbocycles. The number of alkyl halides is 3. The normalized spacial score (nSPS) is 11.8. The molecule has 0 aliphatic carbocycles. The molecule has 0 atom stereocenters. The smallest absolute Gasteiger partial charge is 0.416 e. The number of rotatable bonds is 3. The summed E-state index contributed by atoms with van der Waals surface area (Å²) in [6.07, 6.45) is -4.41. The standard InChI is InChI=1S/C19H15ClF3NO2/c1-11-18(26-12(2)25)16-7-6-15(20)9-17(16)24(11)10-13-4-3-5-14(8-13)19(21,22)23/h3-9H,10H2,1-2H3. The zero-order valence-corrected chi connectivity index (χ0v) is 14.8. The van der Waals surface area contributed by atoms with E-state index in [1.165, 1.54) is 13.0 Å². The summed E-state index contributed by atoms with van der Waals surface area (Å²) >= 11 is 6.08. The van der Waals surface area contributed by atoms with Crippen molar-refractivity contribution in [2.75, 3.05) is 0 Å². The first kappa shape index (κ1) is 18.3. The summed E-state index contributed by atoms with van der Waals surface area (Å²) in [5, 5.41) is 1.16. The van der Waals surface area contributed by atoms with Crippen molar-refractivity contribution in [2.45, 2.75) is 26.6 Å². The van der Waals surface area contributed by atoms with E-state index in [0.717, 1.165) is 12.1 Å². The molecule has 3 aromatic rings. The van der Waals surface area contributed by atoms with Gasteiger partial charge in [0.15, 0.2) is 5.75 Å². The monoisotopic (exact) mass is 381 g/mol. The first-order valence-electron chi connectivity index (χ1n) is 7.79. The molecule has 0 fully saturated rings. The molecule has 3 rings (SSSR count). The van der Waals surface area contributed by atoms with E-state index in [1.54, 1.807) is 35.8 Å². The average molecular weight is 382 g/mol. The molecule has 0 saturated carbocycles. The van der Waals surface area contributed by atoms with Crippen molar-refractivity contribution in [1.29, 1.82) is 0 Å². The van der Waals surface area contributed by atoms with Crippen LogP contribution >= 0.6 is 11.6 Å². The van der Waals surface area contributed by atoms with Crippen molar-refractivity contribution in [3.63, 3.8) is 0 Å². The van der Waals surface area contributed by atoms with E-state index in [-0.39, 0.29) is 6.54 Å². The van der Waals surface area contributed by atoms with Crippen LogP contribution in [0.25, 0.3) is 10.9 Å². The number of carbonyl (C=O) groups is 1. The van der Waals surface area contributed by atoms with E-state index >= 15 is 0 Å². The summed E-state index contributed by atoms with van der Waals surface area (Å²) in [4.78, 5) is 11.4. The predicted octanol–water partition coefficient (Wildman–Crippen LogP) is 5.60. The van der Waals surface area contributed by atoms with Crippen LogP contribution in [0.4, 0.5) is 13.2 Å². The Hall–Kier alpha value is -2.47. The maximum absolute atomic E-state index is 13.0. The Kier molecular flexibility index (Phi) is 4.71. The minimum atomic E-state index is -4.41. The molecular weight excluding hydrogens is 367 g/mol.